The lowest BCUT2D eigenvalue weighted by Gasteiger charge is -2.16. The van der Waals surface area contributed by atoms with Gasteiger partial charge in [0.1, 0.15) is 11.0 Å². The summed E-state index contributed by atoms with van der Waals surface area (Å²) < 4.78 is 9.80. The van der Waals surface area contributed by atoms with Gasteiger partial charge >= 0.3 is 11.9 Å². The summed E-state index contributed by atoms with van der Waals surface area (Å²) in [5.41, 5.74) is 1.88. The lowest BCUT2D eigenvalue weighted by molar-refractivity contribution is -0.145. The van der Waals surface area contributed by atoms with E-state index < -0.39 is 30.5 Å². The summed E-state index contributed by atoms with van der Waals surface area (Å²) in [5.74, 6) is -1.89. The monoisotopic (exact) mass is 424 g/mol. The number of hydrogen-bond acceptors (Lipinski definition) is 7. The highest BCUT2D eigenvalue weighted by molar-refractivity contribution is 7.13. The molecule has 0 saturated heterocycles. The number of hydrogen-bond donors (Lipinski definition) is 1. The van der Waals surface area contributed by atoms with Crippen molar-refractivity contribution in [2.75, 3.05) is 13.7 Å². The van der Waals surface area contributed by atoms with Crippen molar-refractivity contribution in [2.24, 2.45) is 0 Å². The van der Waals surface area contributed by atoms with E-state index in [0.717, 1.165) is 11.1 Å². The first-order valence-electron chi connectivity index (χ1n) is 9.16. The molecule has 0 fully saturated rings. The number of esters is 2. The maximum atomic E-state index is 12.2. The number of carbonyl (C=O) groups excluding carboxylic acids is 3. The predicted octanol–water partition coefficient (Wildman–Crippen LogP) is 2.87. The van der Waals surface area contributed by atoms with Crippen LogP contribution in [0.5, 0.6) is 0 Å². The zero-order valence-electron chi connectivity index (χ0n) is 16.2. The quantitative estimate of drug-likeness (QED) is 0.559. The van der Waals surface area contributed by atoms with Gasteiger partial charge in [-0.25, -0.2) is 14.6 Å². The van der Waals surface area contributed by atoms with Gasteiger partial charge in [-0.3, -0.25) is 4.79 Å². The van der Waals surface area contributed by atoms with E-state index in [-0.39, 0.29) is 12.1 Å². The molecule has 0 bridgehead atoms. The summed E-state index contributed by atoms with van der Waals surface area (Å²) in [4.78, 5) is 40.7. The molecule has 1 amide bonds. The molecule has 0 aliphatic heterocycles. The molecule has 0 aliphatic rings. The first kappa shape index (κ1) is 21.2. The van der Waals surface area contributed by atoms with Gasteiger partial charge in [-0.05, 0) is 5.56 Å². The van der Waals surface area contributed by atoms with Crippen LogP contribution in [-0.4, -0.2) is 42.6 Å². The highest BCUT2D eigenvalue weighted by Gasteiger charge is 2.23. The Morgan fingerprint density at radius 1 is 1.03 bits per heavy atom. The number of benzene rings is 2. The maximum Gasteiger partial charge on any atom is 0.358 e. The Balaban J connectivity index is 1.55. The third-order valence-corrected chi connectivity index (χ3v) is 5.06. The number of ether oxygens (including phenoxy) is 2. The third-order valence-electron chi connectivity index (χ3n) is 4.17. The van der Waals surface area contributed by atoms with Crippen LogP contribution < -0.4 is 5.32 Å². The molecule has 1 atom stereocenters. The van der Waals surface area contributed by atoms with Gasteiger partial charge in [-0.2, -0.15) is 0 Å². The Morgan fingerprint density at radius 3 is 2.37 bits per heavy atom. The lowest BCUT2D eigenvalue weighted by atomic mass is 10.1. The van der Waals surface area contributed by atoms with E-state index in [1.165, 1.54) is 18.4 Å². The van der Waals surface area contributed by atoms with E-state index in [9.17, 15) is 14.4 Å². The fourth-order valence-electron chi connectivity index (χ4n) is 2.71. The fourth-order valence-corrected chi connectivity index (χ4v) is 3.50. The number of nitrogens with one attached hydrogen (secondary N) is 1. The van der Waals surface area contributed by atoms with Crippen LogP contribution in [0, 0.1) is 0 Å². The molecular weight excluding hydrogens is 404 g/mol. The summed E-state index contributed by atoms with van der Waals surface area (Å²) >= 11 is 1.31. The van der Waals surface area contributed by atoms with Gasteiger partial charge in [-0.15, -0.1) is 11.3 Å². The number of aromatic nitrogens is 1. The van der Waals surface area contributed by atoms with Gasteiger partial charge in [0, 0.05) is 17.4 Å². The van der Waals surface area contributed by atoms with Crippen LogP contribution in [0.15, 0.2) is 66.0 Å². The highest BCUT2D eigenvalue weighted by atomic mass is 32.1. The largest absolute Gasteiger partial charge is 0.467 e. The number of thiazole rings is 1. The fraction of sp³-hybridized carbons (Fsp3) is 0.182. The third kappa shape index (κ3) is 5.74. The Hall–Kier alpha value is -3.52. The Kier molecular flexibility index (Phi) is 7.29. The molecule has 0 saturated carbocycles. The highest BCUT2D eigenvalue weighted by Crippen LogP contribution is 2.23. The molecule has 1 aromatic heterocycles. The van der Waals surface area contributed by atoms with Crippen LogP contribution in [0.25, 0.3) is 10.6 Å². The summed E-state index contributed by atoms with van der Waals surface area (Å²) in [6.07, 6.45) is 0.264. The summed E-state index contributed by atoms with van der Waals surface area (Å²) in [7, 11) is 1.25. The van der Waals surface area contributed by atoms with Crippen molar-refractivity contribution in [2.45, 2.75) is 12.5 Å². The van der Waals surface area contributed by atoms with Crippen LogP contribution in [0.2, 0.25) is 0 Å². The molecule has 0 spiro atoms. The molecule has 1 heterocycles. The van der Waals surface area contributed by atoms with E-state index in [4.69, 9.17) is 9.47 Å². The minimum atomic E-state index is -0.882. The smallest absolute Gasteiger partial charge is 0.358 e. The second-order valence-corrected chi connectivity index (χ2v) is 7.17. The van der Waals surface area contributed by atoms with Crippen LogP contribution in [0.3, 0.4) is 0 Å². The molecule has 2 aromatic carbocycles. The molecule has 154 valence electrons. The first-order valence-corrected chi connectivity index (χ1v) is 10.0. The van der Waals surface area contributed by atoms with Crippen molar-refractivity contribution in [3.63, 3.8) is 0 Å². The van der Waals surface area contributed by atoms with Crippen molar-refractivity contribution < 1.29 is 23.9 Å². The van der Waals surface area contributed by atoms with E-state index in [1.54, 1.807) is 5.38 Å². The Morgan fingerprint density at radius 2 is 1.70 bits per heavy atom. The SMILES string of the molecule is COC(=O)C(Cc1ccccc1)NC(=O)COC(=O)c1csc(-c2ccccc2)n1. The number of amides is 1. The molecule has 7 nitrogen and oxygen atoms in total. The van der Waals surface area contributed by atoms with Gasteiger partial charge in [0.05, 0.1) is 7.11 Å². The molecule has 1 N–H and O–H groups in total. The van der Waals surface area contributed by atoms with Crippen molar-refractivity contribution in [1.29, 1.82) is 0 Å². The van der Waals surface area contributed by atoms with E-state index in [1.807, 2.05) is 60.7 Å². The van der Waals surface area contributed by atoms with Gasteiger partial charge in [-0.1, -0.05) is 60.7 Å². The predicted molar refractivity (Wildman–Crippen MR) is 112 cm³/mol. The van der Waals surface area contributed by atoms with E-state index in [2.05, 4.69) is 10.3 Å². The van der Waals surface area contributed by atoms with Crippen LogP contribution in [0.4, 0.5) is 0 Å². The Labute approximate surface area is 177 Å². The standard InChI is InChI=1S/C22H20N2O5S/c1-28-21(26)17(12-15-8-4-2-5-9-15)23-19(25)13-29-22(27)18-14-30-20(24-18)16-10-6-3-7-11-16/h2-11,14,17H,12-13H2,1H3,(H,23,25). The normalized spacial score (nSPS) is 11.4. The number of rotatable bonds is 8. The molecule has 8 heteroatoms. The number of carbonyl (C=O) groups is 3. The van der Waals surface area contributed by atoms with Crippen LogP contribution in [-0.2, 0) is 25.5 Å². The average Bonchev–Trinajstić information content (AvgIpc) is 3.28. The summed E-state index contributed by atoms with van der Waals surface area (Å²) in [6, 6.07) is 17.8. The van der Waals surface area contributed by atoms with Crippen molar-refractivity contribution in [3.05, 3.63) is 77.3 Å². The van der Waals surface area contributed by atoms with Gasteiger partial charge in [0.25, 0.3) is 5.91 Å². The molecule has 3 rings (SSSR count). The minimum Gasteiger partial charge on any atom is -0.467 e. The molecule has 3 aromatic rings. The minimum absolute atomic E-state index is 0.125. The molecule has 30 heavy (non-hydrogen) atoms. The molecule has 1 unspecified atom stereocenters. The number of methoxy groups -OCH3 is 1. The molecular formula is C22H20N2O5S. The van der Waals surface area contributed by atoms with Gasteiger partial charge in [0.2, 0.25) is 0 Å². The Bertz CT molecular complexity index is 1000. The lowest BCUT2D eigenvalue weighted by Crippen LogP contribution is -2.44. The zero-order valence-corrected chi connectivity index (χ0v) is 17.1. The zero-order chi connectivity index (χ0) is 21.3. The average molecular weight is 424 g/mol. The first-order chi connectivity index (χ1) is 14.6. The maximum absolute atomic E-state index is 12.2. The van der Waals surface area contributed by atoms with Crippen LogP contribution >= 0.6 is 11.3 Å². The van der Waals surface area contributed by atoms with E-state index >= 15 is 0 Å². The summed E-state index contributed by atoms with van der Waals surface area (Å²) in [5, 5.41) is 4.81. The second-order valence-electron chi connectivity index (χ2n) is 6.31. The second kappa shape index (κ2) is 10.3. The number of nitrogens with zero attached hydrogens (tertiary/aromatic N) is 1. The molecule has 0 aliphatic carbocycles. The topological polar surface area (TPSA) is 94.6 Å². The summed E-state index contributed by atoms with van der Waals surface area (Å²) in [6.45, 7) is -0.528. The van der Waals surface area contributed by atoms with Gasteiger partial charge < -0.3 is 14.8 Å². The van der Waals surface area contributed by atoms with E-state index in [0.29, 0.717) is 5.01 Å². The van der Waals surface area contributed by atoms with Crippen molar-refractivity contribution in [1.82, 2.24) is 10.3 Å². The van der Waals surface area contributed by atoms with Crippen molar-refractivity contribution >= 4 is 29.2 Å². The van der Waals surface area contributed by atoms with Gasteiger partial charge in [0.15, 0.2) is 12.3 Å². The van der Waals surface area contributed by atoms with Crippen molar-refractivity contribution in [3.8, 4) is 10.6 Å². The molecule has 0 radical (unpaired) electrons. The van der Waals surface area contributed by atoms with Crippen LogP contribution in [0.1, 0.15) is 16.1 Å².